The Balaban J connectivity index is 2.55. The van der Waals surface area contributed by atoms with Crippen molar-refractivity contribution in [1.29, 1.82) is 0 Å². The molecule has 152 valence electrons. The van der Waals surface area contributed by atoms with Gasteiger partial charge in [-0.1, -0.05) is 6.92 Å². The van der Waals surface area contributed by atoms with Gasteiger partial charge in [-0.15, -0.1) is 0 Å². The first-order valence-corrected chi connectivity index (χ1v) is 7.99. The molecule has 1 aromatic heterocycles. The monoisotopic (exact) mass is 407 g/mol. The highest BCUT2D eigenvalue weighted by Gasteiger charge is 2.37. The lowest BCUT2D eigenvalue weighted by molar-refractivity contribution is -0.143. The minimum atomic E-state index is -5.03. The van der Waals surface area contributed by atoms with E-state index in [-0.39, 0.29) is 11.6 Å². The lowest BCUT2D eigenvalue weighted by Gasteiger charge is -2.16. The lowest BCUT2D eigenvalue weighted by atomic mass is 10.0. The summed E-state index contributed by atoms with van der Waals surface area (Å²) in [6.07, 6.45) is -8.61. The number of alkyl halides is 6. The number of nitrogens with one attached hydrogen (secondary N) is 1. The quantitative estimate of drug-likeness (QED) is 0.781. The summed E-state index contributed by atoms with van der Waals surface area (Å²) in [5, 5.41) is 0. The molecule has 0 bridgehead atoms. The van der Waals surface area contributed by atoms with E-state index in [4.69, 9.17) is 0 Å². The summed E-state index contributed by atoms with van der Waals surface area (Å²) in [6, 6.07) is 0.857. The number of benzene rings is 1. The number of rotatable bonds is 4. The van der Waals surface area contributed by atoms with Crippen LogP contribution in [-0.2, 0) is 12.4 Å². The fourth-order valence-corrected chi connectivity index (χ4v) is 2.43. The smallest absolute Gasteiger partial charge is 0.341 e. The van der Waals surface area contributed by atoms with E-state index < -0.39 is 46.3 Å². The van der Waals surface area contributed by atoms with Gasteiger partial charge in [0.15, 0.2) is 0 Å². The molecule has 2 rings (SSSR count). The van der Waals surface area contributed by atoms with Crippen LogP contribution in [0.15, 0.2) is 29.2 Å². The van der Waals surface area contributed by atoms with E-state index in [1.807, 2.05) is 0 Å². The van der Waals surface area contributed by atoms with Crippen LogP contribution < -0.4 is 5.56 Å². The Hall–Kier alpha value is -2.85. The third-order valence-corrected chi connectivity index (χ3v) is 3.80. The van der Waals surface area contributed by atoms with E-state index in [1.165, 1.54) is 11.9 Å². The maximum Gasteiger partial charge on any atom is 0.416 e. The molecule has 1 amide bonds. The maximum atomic E-state index is 13.0. The summed E-state index contributed by atoms with van der Waals surface area (Å²) >= 11 is 0. The predicted molar refractivity (Wildman–Crippen MR) is 87.5 cm³/mol. The Bertz CT molecular complexity index is 901. The van der Waals surface area contributed by atoms with Crippen molar-refractivity contribution in [1.82, 2.24) is 14.9 Å². The number of hydrogen-bond donors (Lipinski definition) is 1. The lowest BCUT2D eigenvalue weighted by Crippen LogP contribution is -2.32. The molecule has 2 aromatic rings. The fraction of sp³-hybridized carbons (Fsp3) is 0.353. The summed E-state index contributed by atoms with van der Waals surface area (Å²) in [4.78, 5) is 31.3. The molecule has 0 atom stereocenters. The van der Waals surface area contributed by atoms with Crippen molar-refractivity contribution >= 4 is 5.91 Å². The van der Waals surface area contributed by atoms with Gasteiger partial charge in [0.2, 0.25) is 0 Å². The summed E-state index contributed by atoms with van der Waals surface area (Å²) in [6.45, 7) is 2.16. The van der Waals surface area contributed by atoms with Crippen LogP contribution in [0, 0.1) is 0 Å². The molecule has 0 unspecified atom stereocenters. The molecule has 28 heavy (non-hydrogen) atoms. The number of carbonyl (C=O) groups is 1. The SMILES string of the molecule is CCCN(C)C(=O)c1cnc(-c2cc(C(F)(F)F)cc(C(F)(F)F)c2)[nH]c1=O. The molecule has 0 fully saturated rings. The average molecular weight is 407 g/mol. The van der Waals surface area contributed by atoms with Gasteiger partial charge in [0.1, 0.15) is 11.4 Å². The highest BCUT2D eigenvalue weighted by atomic mass is 19.4. The molecule has 0 saturated carbocycles. The number of H-pyrrole nitrogens is 1. The van der Waals surface area contributed by atoms with Crippen molar-refractivity contribution in [3.8, 4) is 11.4 Å². The van der Waals surface area contributed by atoms with Gasteiger partial charge in [-0.25, -0.2) is 4.98 Å². The Morgan fingerprint density at radius 2 is 1.61 bits per heavy atom. The van der Waals surface area contributed by atoms with Gasteiger partial charge in [0.05, 0.1) is 11.1 Å². The van der Waals surface area contributed by atoms with Crippen LogP contribution >= 0.6 is 0 Å². The van der Waals surface area contributed by atoms with Crippen molar-refractivity contribution in [2.75, 3.05) is 13.6 Å². The van der Waals surface area contributed by atoms with Crippen molar-refractivity contribution in [3.05, 3.63) is 51.4 Å². The molecular formula is C17H15F6N3O2. The van der Waals surface area contributed by atoms with Crippen molar-refractivity contribution in [3.63, 3.8) is 0 Å². The first-order chi connectivity index (χ1) is 12.8. The second kappa shape index (κ2) is 7.64. The van der Waals surface area contributed by atoms with Gasteiger partial charge >= 0.3 is 12.4 Å². The zero-order chi connectivity index (χ0) is 21.3. The molecule has 1 aromatic carbocycles. The summed E-state index contributed by atoms with van der Waals surface area (Å²) < 4.78 is 77.7. The number of nitrogens with zero attached hydrogens (tertiary/aromatic N) is 2. The summed E-state index contributed by atoms with van der Waals surface area (Å²) in [5.74, 6) is -1.18. The van der Waals surface area contributed by atoms with E-state index in [0.717, 1.165) is 6.20 Å². The molecule has 0 saturated heterocycles. The highest BCUT2D eigenvalue weighted by molar-refractivity contribution is 5.93. The molecule has 0 aliphatic heterocycles. The Morgan fingerprint density at radius 1 is 1.07 bits per heavy atom. The van der Waals surface area contributed by atoms with E-state index >= 15 is 0 Å². The van der Waals surface area contributed by atoms with Gasteiger partial charge in [-0.3, -0.25) is 9.59 Å². The number of amides is 1. The molecule has 0 aliphatic rings. The van der Waals surface area contributed by atoms with Crippen LogP contribution in [0.2, 0.25) is 0 Å². The summed E-state index contributed by atoms with van der Waals surface area (Å²) in [7, 11) is 1.45. The van der Waals surface area contributed by atoms with Crippen LogP contribution in [0.3, 0.4) is 0 Å². The number of aromatic amines is 1. The standard InChI is InChI=1S/C17H15F6N3O2/c1-3-4-26(2)15(28)12-8-24-13(25-14(12)27)9-5-10(16(18,19)20)7-11(6-9)17(21,22)23/h5-8H,3-4H2,1-2H3,(H,24,25,27). The normalized spacial score (nSPS) is 12.1. The Kier molecular flexibility index (Phi) is 5.86. The predicted octanol–water partition coefficient (Wildman–Crippen LogP) is 3.96. The number of carbonyl (C=O) groups excluding carboxylic acids is 1. The minimum absolute atomic E-state index is 0.0286. The summed E-state index contributed by atoms with van der Waals surface area (Å²) in [5.41, 5.74) is -5.00. The van der Waals surface area contributed by atoms with E-state index in [9.17, 15) is 35.9 Å². The van der Waals surface area contributed by atoms with Crippen molar-refractivity contribution in [2.24, 2.45) is 0 Å². The highest BCUT2D eigenvalue weighted by Crippen LogP contribution is 2.37. The molecule has 1 N–H and O–H groups in total. The molecule has 1 heterocycles. The fourth-order valence-electron chi connectivity index (χ4n) is 2.43. The van der Waals surface area contributed by atoms with Crippen LogP contribution in [0.25, 0.3) is 11.4 Å². The van der Waals surface area contributed by atoms with Gasteiger partial charge in [-0.2, -0.15) is 26.3 Å². The van der Waals surface area contributed by atoms with Gasteiger partial charge < -0.3 is 9.88 Å². The number of halogens is 6. The second-order valence-corrected chi connectivity index (χ2v) is 6.00. The van der Waals surface area contributed by atoms with E-state index in [2.05, 4.69) is 9.97 Å². The van der Waals surface area contributed by atoms with Crippen LogP contribution in [-0.4, -0.2) is 34.4 Å². The Morgan fingerprint density at radius 3 is 2.04 bits per heavy atom. The minimum Gasteiger partial charge on any atom is -0.341 e. The van der Waals surface area contributed by atoms with Crippen molar-refractivity contribution < 1.29 is 31.1 Å². The number of hydrogen-bond acceptors (Lipinski definition) is 3. The maximum absolute atomic E-state index is 13.0. The van der Waals surface area contributed by atoms with E-state index in [1.54, 1.807) is 6.92 Å². The van der Waals surface area contributed by atoms with Crippen molar-refractivity contribution in [2.45, 2.75) is 25.7 Å². The zero-order valence-electron chi connectivity index (χ0n) is 14.7. The van der Waals surface area contributed by atoms with Crippen LogP contribution in [0.4, 0.5) is 26.3 Å². The molecule has 5 nitrogen and oxygen atoms in total. The first kappa shape index (κ1) is 21.5. The van der Waals surface area contributed by atoms with Crippen LogP contribution in [0.1, 0.15) is 34.8 Å². The second-order valence-electron chi connectivity index (χ2n) is 6.00. The van der Waals surface area contributed by atoms with Gasteiger partial charge in [0.25, 0.3) is 11.5 Å². The zero-order valence-corrected chi connectivity index (χ0v) is 14.7. The molecule has 0 aliphatic carbocycles. The molecule has 0 spiro atoms. The average Bonchev–Trinajstić information content (AvgIpc) is 2.59. The number of aromatic nitrogens is 2. The first-order valence-electron chi connectivity index (χ1n) is 7.99. The molecule has 0 radical (unpaired) electrons. The van der Waals surface area contributed by atoms with Crippen LogP contribution in [0.5, 0.6) is 0 Å². The largest absolute Gasteiger partial charge is 0.416 e. The Labute approximate surface area is 155 Å². The third kappa shape index (κ3) is 4.70. The van der Waals surface area contributed by atoms with Gasteiger partial charge in [-0.05, 0) is 24.6 Å². The third-order valence-electron chi connectivity index (χ3n) is 3.80. The topological polar surface area (TPSA) is 66.1 Å². The molecule has 11 heteroatoms. The van der Waals surface area contributed by atoms with Gasteiger partial charge in [0, 0.05) is 25.4 Å². The molecular weight excluding hydrogens is 392 g/mol. The van der Waals surface area contributed by atoms with E-state index in [0.29, 0.717) is 25.1 Å².